The monoisotopic (exact) mass is 292 g/mol. The van der Waals surface area contributed by atoms with Crippen molar-refractivity contribution in [2.75, 3.05) is 0 Å². The van der Waals surface area contributed by atoms with E-state index in [9.17, 15) is 5.11 Å². The average molecular weight is 293 g/mol. The molecular formula is C20H36O. The molecular weight excluding hydrogens is 256 g/mol. The predicted octanol–water partition coefficient (Wildman–Crippen LogP) is 5.70. The lowest BCUT2D eigenvalue weighted by atomic mass is 9.70. The molecule has 3 saturated carbocycles. The van der Waals surface area contributed by atoms with Crippen LogP contribution in [0.2, 0.25) is 0 Å². The Hall–Kier alpha value is -0.0400. The van der Waals surface area contributed by atoms with Gasteiger partial charge in [0.1, 0.15) is 0 Å². The van der Waals surface area contributed by atoms with Crippen molar-refractivity contribution in [3.05, 3.63) is 0 Å². The molecule has 0 aromatic heterocycles. The fourth-order valence-corrected chi connectivity index (χ4v) is 5.46. The topological polar surface area (TPSA) is 20.2 Å². The lowest BCUT2D eigenvalue weighted by Crippen LogP contribution is -2.24. The van der Waals surface area contributed by atoms with Crippen molar-refractivity contribution < 1.29 is 5.11 Å². The zero-order valence-electron chi connectivity index (χ0n) is 13.9. The van der Waals surface area contributed by atoms with Crippen LogP contribution >= 0.6 is 0 Å². The van der Waals surface area contributed by atoms with Gasteiger partial charge in [-0.3, -0.25) is 0 Å². The van der Waals surface area contributed by atoms with E-state index in [1.54, 1.807) is 25.7 Å². The van der Waals surface area contributed by atoms with Gasteiger partial charge in [-0.05, 0) is 62.2 Å². The highest BCUT2D eigenvalue weighted by atomic mass is 16.3. The summed E-state index contributed by atoms with van der Waals surface area (Å²) < 4.78 is 0. The van der Waals surface area contributed by atoms with E-state index in [1.165, 1.54) is 57.8 Å². The van der Waals surface area contributed by atoms with Crippen LogP contribution in [-0.2, 0) is 0 Å². The highest BCUT2D eigenvalue weighted by Gasteiger charge is 2.29. The molecule has 0 atom stereocenters. The molecule has 21 heavy (non-hydrogen) atoms. The standard InChI is InChI=1S/C20H36O/c21-20-14-10-17(11-15-20)7-6-16-8-12-19(13-9-16)18-4-2-1-3-5-18/h16-21H,1-15H2. The predicted molar refractivity (Wildman–Crippen MR) is 89.2 cm³/mol. The van der Waals surface area contributed by atoms with Gasteiger partial charge in [0.25, 0.3) is 0 Å². The third-order valence-electron chi connectivity index (χ3n) is 7.01. The molecule has 1 heteroatoms. The minimum atomic E-state index is 0.0205. The van der Waals surface area contributed by atoms with Crippen molar-refractivity contribution in [1.29, 1.82) is 0 Å². The second-order valence-corrected chi connectivity index (χ2v) is 8.43. The summed E-state index contributed by atoms with van der Waals surface area (Å²) in [4.78, 5) is 0. The molecule has 0 spiro atoms. The SMILES string of the molecule is OC1CCC(CCC2CCC(C3CCCCC3)CC2)CC1. The molecule has 0 saturated heterocycles. The number of aliphatic hydroxyl groups is 1. The largest absolute Gasteiger partial charge is 0.393 e. The Kier molecular flexibility index (Phi) is 6.03. The fourth-order valence-electron chi connectivity index (χ4n) is 5.46. The Labute approximate surface area is 131 Å². The molecule has 0 unspecified atom stereocenters. The summed E-state index contributed by atoms with van der Waals surface area (Å²) in [7, 11) is 0. The first-order chi connectivity index (χ1) is 10.3. The molecule has 122 valence electrons. The van der Waals surface area contributed by atoms with Crippen molar-refractivity contribution in [3.63, 3.8) is 0 Å². The summed E-state index contributed by atoms with van der Waals surface area (Å²) >= 11 is 0. The number of aliphatic hydroxyl groups excluding tert-OH is 1. The molecule has 0 aromatic carbocycles. The Balaban J connectivity index is 1.32. The van der Waals surface area contributed by atoms with Gasteiger partial charge in [0.15, 0.2) is 0 Å². The van der Waals surface area contributed by atoms with Crippen molar-refractivity contribution in [1.82, 2.24) is 0 Å². The van der Waals surface area contributed by atoms with Crippen molar-refractivity contribution in [2.24, 2.45) is 23.7 Å². The maximum Gasteiger partial charge on any atom is 0.0540 e. The smallest absolute Gasteiger partial charge is 0.0540 e. The highest BCUT2D eigenvalue weighted by Crippen LogP contribution is 2.41. The first kappa shape index (κ1) is 15.8. The Morgan fingerprint density at radius 1 is 0.524 bits per heavy atom. The first-order valence-corrected chi connectivity index (χ1v) is 9.99. The molecule has 1 nitrogen and oxygen atoms in total. The van der Waals surface area contributed by atoms with Crippen LogP contribution in [0, 0.1) is 23.7 Å². The minimum absolute atomic E-state index is 0.0205. The van der Waals surface area contributed by atoms with Crippen LogP contribution in [0.4, 0.5) is 0 Å². The van der Waals surface area contributed by atoms with Gasteiger partial charge in [0.05, 0.1) is 6.10 Å². The molecule has 0 heterocycles. The molecule has 3 aliphatic rings. The lowest BCUT2D eigenvalue weighted by Gasteiger charge is -2.36. The molecule has 0 amide bonds. The molecule has 1 N–H and O–H groups in total. The van der Waals surface area contributed by atoms with Crippen LogP contribution in [-0.4, -0.2) is 11.2 Å². The Morgan fingerprint density at radius 2 is 1.00 bits per heavy atom. The number of hydrogen-bond donors (Lipinski definition) is 1. The van der Waals surface area contributed by atoms with E-state index in [0.717, 1.165) is 36.5 Å². The first-order valence-electron chi connectivity index (χ1n) is 9.99. The highest BCUT2D eigenvalue weighted by molar-refractivity contribution is 4.81. The van der Waals surface area contributed by atoms with Crippen LogP contribution in [0.5, 0.6) is 0 Å². The second-order valence-electron chi connectivity index (χ2n) is 8.43. The summed E-state index contributed by atoms with van der Waals surface area (Å²) in [6.07, 6.45) is 21.4. The number of hydrogen-bond acceptors (Lipinski definition) is 1. The number of rotatable bonds is 4. The Morgan fingerprint density at radius 3 is 1.57 bits per heavy atom. The van der Waals surface area contributed by atoms with E-state index in [4.69, 9.17) is 0 Å². The van der Waals surface area contributed by atoms with E-state index in [0.29, 0.717) is 0 Å². The third kappa shape index (κ3) is 4.71. The maximum atomic E-state index is 9.60. The van der Waals surface area contributed by atoms with Gasteiger partial charge < -0.3 is 5.11 Å². The van der Waals surface area contributed by atoms with Gasteiger partial charge in [-0.2, -0.15) is 0 Å². The lowest BCUT2D eigenvalue weighted by molar-refractivity contribution is 0.101. The summed E-state index contributed by atoms with van der Waals surface area (Å²) in [5.41, 5.74) is 0. The molecule has 0 bridgehead atoms. The minimum Gasteiger partial charge on any atom is -0.393 e. The van der Waals surface area contributed by atoms with Crippen LogP contribution in [0.1, 0.15) is 96.3 Å². The van der Waals surface area contributed by atoms with Gasteiger partial charge in [-0.15, -0.1) is 0 Å². The fraction of sp³-hybridized carbons (Fsp3) is 1.00. The Bertz CT molecular complexity index is 278. The van der Waals surface area contributed by atoms with Gasteiger partial charge in [0, 0.05) is 0 Å². The van der Waals surface area contributed by atoms with E-state index < -0.39 is 0 Å². The van der Waals surface area contributed by atoms with Gasteiger partial charge in [-0.1, -0.05) is 57.8 Å². The van der Waals surface area contributed by atoms with Crippen molar-refractivity contribution >= 4 is 0 Å². The van der Waals surface area contributed by atoms with Crippen molar-refractivity contribution in [3.8, 4) is 0 Å². The summed E-state index contributed by atoms with van der Waals surface area (Å²) in [5, 5.41) is 9.60. The molecule has 3 fully saturated rings. The van der Waals surface area contributed by atoms with Crippen LogP contribution in [0.3, 0.4) is 0 Å². The van der Waals surface area contributed by atoms with Crippen molar-refractivity contribution in [2.45, 2.75) is 102 Å². The van der Waals surface area contributed by atoms with Gasteiger partial charge >= 0.3 is 0 Å². The zero-order valence-corrected chi connectivity index (χ0v) is 13.9. The second kappa shape index (κ2) is 7.99. The third-order valence-corrected chi connectivity index (χ3v) is 7.01. The summed E-state index contributed by atoms with van der Waals surface area (Å²) in [6.45, 7) is 0. The van der Waals surface area contributed by atoms with E-state index in [1.807, 2.05) is 0 Å². The van der Waals surface area contributed by atoms with E-state index in [-0.39, 0.29) is 6.10 Å². The molecule has 3 rings (SSSR count). The average Bonchev–Trinajstić information content (AvgIpc) is 2.56. The summed E-state index contributed by atoms with van der Waals surface area (Å²) in [6, 6.07) is 0. The molecule has 0 aromatic rings. The maximum absolute atomic E-state index is 9.60. The summed E-state index contributed by atoms with van der Waals surface area (Å²) in [5.74, 6) is 4.16. The quantitative estimate of drug-likeness (QED) is 0.704. The van der Waals surface area contributed by atoms with Crippen LogP contribution in [0.15, 0.2) is 0 Å². The van der Waals surface area contributed by atoms with E-state index in [2.05, 4.69) is 0 Å². The zero-order chi connectivity index (χ0) is 14.5. The molecule has 3 aliphatic carbocycles. The van der Waals surface area contributed by atoms with Gasteiger partial charge in [-0.25, -0.2) is 0 Å². The normalized spacial score (nSPS) is 39.3. The van der Waals surface area contributed by atoms with Gasteiger partial charge in [0.2, 0.25) is 0 Å². The van der Waals surface area contributed by atoms with E-state index >= 15 is 0 Å². The molecule has 0 radical (unpaired) electrons. The molecule has 0 aliphatic heterocycles. The van der Waals surface area contributed by atoms with Crippen LogP contribution < -0.4 is 0 Å². The van der Waals surface area contributed by atoms with Crippen LogP contribution in [0.25, 0.3) is 0 Å².